The van der Waals surface area contributed by atoms with Crippen LogP contribution >= 0.6 is 0 Å². The summed E-state index contributed by atoms with van der Waals surface area (Å²) in [7, 11) is -3.44. The van der Waals surface area contributed by atoms with E-state index in [2.05, 4.69) is 15.3 Å². The number of aromatic nitrogens is 2. The van der Waals surface area contributed by atoms with E-state index in [1.165, 1.54) is 27.5 Å². The average Bonchev–Trinajstić information content (AvgIpc) is 3.00. The quantitative estimate of drug-likeness (QED) is 0.261. The Morgan fingerprint density at radius 1 is 0.886 bits per heavy atom. The van der Waals surface area contributed by atoms with Gasteiger partial charge in [-0.05, 0) is 48.0 Å². The molecule has 1 aliphatic rings. The molecule has 9 nitrogen and oxygen atoms in total. The lowest BCUT2D eigenvalue weighted by Crippen LogP contribution is -2.48. The van der Waals surface area contributed by atoms with Crippen molar-refractivity contribution in [3.63, 3.8) is 0 Å². The minimum absolute atomic E-state index is 0.0146. The number of hydrogen-bond donors (Lipinski definition) is 2. The molecule has 0 radical (unpaired) electrons. The van der Waals surface area contributed by atoms with Crippen LogP contribution in [0.4, 0.5) is 30.2 Å². The molecule has 0 unspecified atom stereocenters. The predicted molar refractivity (Wildman–Crippen MR) is 164 cm³/mol. The second kappa shape index (κ2) is 11.1. The number of rotatable bonds is 6. The number of halogens is 3. The SMILES string of the molecule is CS(=O)(=O)N1CCN(c2ccc(Nc3c(C(N)=O)cnc4ccc(-c5cnc6ccccc6c5)cc34)cc2C(F)(F)F)CC1. The second-order valence-electron chi connectivity index (χ2n) is 10.6. The molecule has 6 rings (SSSR count). The van der Waals surface area contributed by atoms with E-state index in [9.17, 15) is 26.4 Å². The Morgan fingerprint density at radius 3 is 2.32 bits per heavy atom. The molecule has 1 fully saturated rings. The number of fused-ring (bicyclic) bond motifs is 2. The van der Waals surface area contributed by atoms with Gasteiger partial charge in [-0.2, -0.15) is 17.5 Å². The molecule has 1 saturated heterocycles. The first kappa shape index (κ1) is 29.3. The number of pyridine rings is 2. The molecule has 0 aliphatic carbocycles. The van der Waals surface area contributed by atoms with Gasteiger partial charge in [-0.15, -0.1) is 0 Å². The van der Waals surface area contributed by atoms with Crippen molar-refractivity contribution in [3.05, 3.63) is 90.3 Å². The van der Waals surface area contributed by atoms with Crippen molar-refractivity contribution in [1.82, 2.24) is 14.3 Å². The number of carbonyl (C=O) groups excluding carboxylic acids is 1. The number of nitrogens with two attached hydrogens (primary N) is 1. The Bertz CT molecular complexity index is 2030. The van der Waals surface area contributed by atoms with Crippen molar-refractivity contribution in [2.45, 2.75) is 6.18 Å². The number of hydrogen-bond acceptors (Lipinski definition) is 7. The number of alkyl halides is 3. The molecule has 0 spiro atoms. The first-order chi connectivity index (χ1) is 20.9. The molecule has 1 aliphatic heterocycles. The van der Waals surface area contributed by atoms with E-state index in [0.717, 1.165) is 34.4 Å². The Labute approximate surface area is 251 Å². The van der Waals surface area contributed by atoms with Gasteiger partial charge in [0.1, 0.15) is 0 Å². The molecule has 0 bridgehead atoms. The van der Waals surface area contributed by atoms with Gasteiger partial charge in [-0.3, -0.25) is 14.8 Å². The van der Waals surface area contributed by atoms with E-state index in [-0.39, 0.29) is 48.8 Å². The number of nitrogens with zero attached hydrogens (tertiary/aromatic N) is 4. The fourth-order valence-electron chi connectivity index (χ4n) is 5.44. The van der Waals surface area contributed by atoms with E-state index < -0.39 is 27.7 Å². The molecule has 1 amide bonds. The molecule has 3 aromatic carbocycles. The number of amides is 1. The molecule has 0 atom stereocenters. The third-order valence-corrected chi connectivity index (χ3v) is 8.98. The summed E-state index contributed by atoms with van der Waals surface area (Å²) >= 11 is 0. The summed E-state index contributed by atoms with van der Waals surface area (Å²) in [4.78, 5) is 22.8. The number of nitrogens with one attached hydrogen (secondary N) is 1. The molecule has 44 heavy (non-hydrogen) atoms. The standard InChI is InChI=1S/C31H27F3N6O3S/c1-44(42,43)40-12-10-39(11-13-40)28-9-7-22(16-25(28)31(32,33)34)38-29-23-15-19(6-8-27(23)37-18-24(29)30(35)41)21-14-20-4-2-3-5-26(20)36-17-21/h2-9,14-18H,10-13H2,1H3,(H2,35,41)(H,37,38). The van der Waals surface area contributed by atoms with Gasteiger partial charge < -0.3 is 16.0 Å². The maximum atomic E-state index is 14.3. The Kier molecular flexibility index (Phi) is 7.38. The molecule has 0 saturated carbocycles. The van der Waals surface area contributed by atoms with Crippen LogP contribution in [0.25, 0.3) is 32.9 Å². The molecular formula is C31H27F3N6O3S. The molecule has 5 aromatic rings. The second-order valence-corrected chi connectivity index (χ2v) is 12.5. The number of benzene rings is 3. The van der Waals surface area contributed by atoms with Gasteiger partial charge in [0.2, 0.25) is 10.0 Å². The summed E-state index contributed by atoms with van der Waals surface area (Å²) in [5.41, 5.74) is 7.95. The van der Waals surface area contributed by atoms with Crippen molar-refractivity contribution in [2.24, 2.45) is 5.73 Å². The summed E-state index contributed by atoms with van der Waals surface area (Å²) in [5.74, 6) is -0.795. The van der Waals surface area contributed by atoms with Crippen LogP contribution in [0.3, 0.4) is 0 Å². The van der Waals surface area contributed by atoms with Gasteiger partial charge >= 0.3 is 6.18 Å². The minimum atomic E-state index is -4.70. The molecule has 226 valence electrons. The lowest BCUT2D eigenvalue weighted by Gasteiger charge is -2.36. The topological polar surface area (TPSA) is 122 Å². The zero-order valence-electron chi connectivity index (χ0n) is 23.5. The maximum absolute atomic E-state index is 14.3. The number of para-hydroxylation sites is 1. The van der Waals surface area contributed by atoms with Crippen LogP contribution in [-0.4, -0.2) is 61.0 Å². The molecule has 3 heterocycles. The van der Waals surface area contributed by atoms with Crippen LogP contribution in [0.15, 0.2) is 79.1 Å². The van der Waals surface area contributed by atoms with Crippen molar-refractivity contribution in [2.75, 3.05) is 42.7 Å². The third kappa shape index (κ3) is 5.75. The lowest BCUT2D eigenvalue weighted by atomic mass is 10.0. The molecule has 3 N–H and O–H groups in total. The normalized spacial score (nSPS) is 14.7. The third-order valence-electron chi connectivity index (χ3n) is 7.68. The van der Waals surface area contributed by atoms with Crippen molar-refractivity contribution < 1.29 is 26.4 Å². The Morgan fingerprint density at radius 2 is 1.61 bits per heavy atom. The highest BCUT2D eigenvalue weighted by Gasteiger charge is 2.36. The number of carbonyl (C=O) groups is 1. The maximum Gasteiger partial charge on any atom is 0.418 e. The smallest absolute Gasteiger partial charge is 0.368 e. The zero-order chi connectivity index (χ0) is 31.2. The minimum Gasteiger partial charge on any atom is -0.368 e. The molecular weight excluding hydrogens is 593 g/mol. The van der Waals surface area contributed by atoms with Gasteiger partial charge in [0, 0.05) is 66.3 Å². The largest absolute Gasteiger partial charge is 0.418 e. The van der Waals surface area contributed by atoms with Crippen molar-refractivity contribution >= 4 is 54.8 Å². The van der Waals surface area contributed by atoms with Gasteiger partial charge in [0.25, 0.3) is 5.91 Å². The zero-order valence-corrected chi connectivity index (χ0v) is 24.3. The first-order valence-corrected chi connectivity index (χ1v) is 15.5. The first-order valence-electron chi connectivity index (χ1n) is 13.6. The highest BCUT2D eigenvalue weighted by atomic mass is 32.2. The number of primary amides is 1. The Balaban J connectivity index is 1.40. The van der Waals surface area contributed by atoms with Gasteiger partial charge in [-0.25, -0.2) is 8.42 Å². The van der Waals surface area contributed by atoms with Crippen LogP contribution in [0.2, 0.25) is 0 Å². The number of anilines is 3. The van der Waals surface area contributed by atoms with Crippen LogP contribution in [0.1, 0.15) is 15.9 Å². The van der Waals surface area contributed by atoms with Gasteiger partial charge in [0.15, 0.2) is 0 Å². The summed E-state index contributed by atoms with van der Waals surface area (Å²) in [6, 6.07) is 18.9. The average molecular weight is 621 g/mol. The fourth-order valence-corrected chi connectivity index (χ4v) is 6.27. The van der Waals surface area contributed by atoms with Gasteiger partial charge in [-0.1, -0.05) is 24.3 Å². The Hall–Kier alpha value is -4.75. The van der Waals surface area contributed by atoms with E-state index in [1.807, 2.05) is 36.4 Å². The highest BCUT2D eigenvalue weighted by molar-refractivity contribution is 7.88. The molecule has 13 heteroatoms. The fraction of sp³-hybridized carbons (Fsp3) is 0.194. The lowest BCUT2D eigenvalue weighted by molar-refractivity contribution is -0.137. The molecule has 2 aromatic heterocycles. The van der Waals surface area contributed by atoms with Crippen LogP contribution in [0, 0.1) is 0 Å². The summed E-state index contributed by atoms with van der Waals surface area (Å²) in [6.45, 7) is 0.374. The summed E-state index contributed by atoms with van der Waals surface area (Å²) in [5, 5.41) is 4.43. The van der Waals surface area contributed by atoms with Gasteiger partial charge in [0.05, 0.1) is 34.1 Å². The summed E-state index contributed by atoms with van der Waals surface area (Å²) in [6.07, 6.45) is -0.601. The van der Waals surface area contributed by atoms with E-state index in [4.69, 9.17) is 5.73 Å². The van der Waals surface area contributed by atoms with Crippen LogP contribution in [-0.2, 0) is 16.2 Å². The monoisotopic (exact) mass is 620 g/mol. The van der Waals surface area contributed by atoms with Crippen molar-refractivity contribution in [3.8, 4) is 11.1 Å². The summed E-state index contributed by atoms with van der Waals surface area (Å²) < 4.78 is 68.0. The predicted octanol–water partition coefficient (Wildman–Crippen LogP) is 5.39. The van der Waals surface area contributed by atoms with Crippen LogP contribution < -0.4 is 16.0 Å². The number of piperazine rings is 1. The van der Waals surface area contributed by atoms with E-state index >= 15 is 0 Å². The van der Waals surface area contributed by atoms with E-state index in [1.54, 1.807) is 18.3 Å². The van der Waals surface area contributed by atoms with Crippen molar-refractivity contribution in [1.29, 1.82) is 0 Å². The van der Waals surface area contributed by atoms with E-state index in [0.29, 0.717) is 10.9 Å². The number of sulfonamides is 1. The highest BCUT2D eigenvalue weighted by Crippen LogP contribution is 2.40. The van der Waals surface area contributed by atoms with Crippen LogP contribution in [0.5, 0.6) is 0 Å².